The molecule has 0 aromatic heterocycles. The van der Waals surface area contributed by atoms with Crippen LogP contribution in [0.4, 0.5) is 0 Å². The molecule has 1 atom stereocenters. The average molecular weight is 168 g/mol. The van der Waals surface area contributed by atoms with Gasteiger partial charge in [-0.15, -0.1) is 0 Å². The third-order valence-corrected chi connectivity index (χ3v) is 0. The molecule has 0 fully saturated rings. The normalized spacial score (nSPS) is 12.4. The SMILES string of the molecule is CS(=O)[O-].[Y+3]. The van der Waals surface area contributed by atoms with E-state index in [9.17, 15) is 0 Å². The topological polar surface area (TPSA) is 40.1 Å². The first-order chi connectivity index (χ1) is 1.73. The fraction of sp³-hybridized carbons (Fsp3) is 1.00. The van der Waals surface area contributed by atoms with Gasteiger partial charge in [-0.3, -0.25) is 4.21 Å². The average Bonchev–Trinajstić information content (AvgIpc) is 0.811. The Morgan fingerprint density at radius 1 is 1.80 bits per heavy atom. The van der Waals surface area contributed by atoms with Crippen LogP contribution >= 0.6 is 0 Å². The number of hydrogen-bond donors (Lipinski definition) is 0. The van der Waals surface area contributed by atoms with Gasteiger partial charge in [-0.05, 0) is 6.26 Å². The molecule has 0 amide bonds. The van der Waals surface area contributed by atoms with Gasteiger partial charge in [0.1, 0.15) is 0 Å². The third kappa shape index (κ3) is 36.5. The third-order valence-electron chi connectivity index (χ3n) is 0. The van der Waals surface area contributed by atoms with Crippen molar-refractivity contribution < 1.29 is 41.5 Å². The van der Waals surface area contributed by atoms with Gasteiger partial charge >= 0.3 is 32.7 Å². The number of hydrogen-bond acceptors (Lipinski definition) is 2. The molecule has 0 radical (unpaired) electrons. The minimum atomic E-state index is -1.86. The second-order valence-corrected chi connectivity index (χ2v) is 1.20. The minimum absolute atomic E-state index is 0. The molecule has 0 heterocycles. The summed E-state index contributed by atoms with van der Waals surface area (Å²) in [7, 11) is 0. The van der Waals surface area contributed by atoms with E-state index in [1.54, 1.807) is 0 Å². The van der Waals surface area contributed by atoms with Crippen LogP contribution in [0.25, 0.3) is 0 Å². The molecule has 0 saturated carbocycles. The quantitative estimate of drug-likeness (QED) is 0.457. The molecule has 26 valence electrons. The summed E-state index contributed by atoms with van der Waals surface area (Å²) in [5.41, 5.74) is 0. The van der Waals surface area contributed by atoms with Crippen molar-refractivity contribution in [3.05, 3.63) is 0 Å². The van der Waals surface area contributed by atoms with Gasteiger partial charge in [0.05, 0.1) is 0 Å². The predicted molar refractivity (Wildman–Crippen MR) is 14.8 cm³/mol. The zero-order valence-corrected chi connectivity index (χ0v) is 6.46. The van der Waals surface area contributed by atoms with Crippen molar-refractivity contribution >= 4 is 11.1 Å². The Balaban J connectivity index is 0. The van der Waals surface area contributed by atoms with E-state index in [2.05, 4.69) is 0 Å². The summed E-state index contributed by atoms with van der Waals surface area (Å²) in [4.78, 5) is 0. The standard InChI is InChI=1S/CH4O2S.Y/c1-4(2)3;/h1H3,(H,2,3);/q;+3/p-1. The first-order valence-electron chi connectivity index (χ1n) is 0.742. The zero-order chi connectivity index (χ0) is 3.58. The van der Waals surface area contributed by atoms with Gasteiger partial charge in [0.2, 0.25) is 0 Å². The van der Waals surface area contributed by atoms with Crippen LogP contribution in [0.3, 0.4) is 0 Å². The first kappa shape index (κ1) is 9.51. The molecular weight excluding hydrogens is 165 g/mol. The summed E-state index contributed by atoms with van der Waals surface area (Å²) in [5, 5.41) is 0. The Hall–Kier alpha value is 1.21. The maximum Gasteiger partial charge on any atom is 3.00 e. The van der Waals surface area contributed by atoms with Crippen molar-refractivity contribution in [2.24, 2.45) is 0 Å². The molecule has 0 aliphatic heterocycles. The van der Waals surface area contributed by atoms with E-state index in [-0.39, 0.29) is 32.7 Å². The van der Waals surface area contributed by atoms with E-state index in [1.807, 2.05) is 0 Å². The van der Waals surface area contributed by atoms with Gasteiger partial charge in [0.15, 0.2) is 0 Å². The Morgan fingerprint density at radius 2 is 1.80 bits per heavy atom. The van der Waals surface area contributed by atoms with E-state index < -0.39 is 11.1 Å². The zero-order valence-electron chi connectivity index (χ0n) is 2.80. The van der Waals surface area contributed by atoms with E-state index >= 15 is 0 Å². The molecule has 1 unspecified atom stereocenters. The van der Waals surface area contributed by atoms with E-state index in [1.165, 1.54) is 0 Å². The van der Waals surface area contributed by atoms with Crippen LogP contribution in [0.5, 0.6) is 0 Å². The summed E-state index contributed by atoms with van der Waals surface area (Å²) in [6, 6.07) is 0. The number of rotatable bonds is 0. The molecule has 2 nitrogen and oxygen atoms in total. The van der Waals surface area contributed by atoms with Gasteiger partial charge in [0.25, 0.3) is 0 Å². The van der Waals surface area contributed by atoms with Crippen LogP contribution < -0.4 is 0 Å². The van der Waals surface area contributed by atoms with E-state index in [0.717, 1.165) is 6.26 Å². The van der Waals surface area contributed by atoms with Crippen molar-refractivity contribution in [2.45, 2.75) is 0 Å². The maximum atomic E-state index is 9.00. The Morgan fingerprint density at radius 3 is 1.80 bits per heavy atom. The maximum absolute atomic E-state index is 9.00. The van der Waals surface area contributed by atoms with Gasteiger partial charge < -0.3 is 4.55 Å². The Labute approximate surface area is 58.5 Å². The largest absolute Gasteiger partial charge is 3.00 e. The second kappa shape index (κ2) is 5.21. The van der Waals surface area contributed by atoms with Gasteiger partial charge in [-0.25, -0.2) is 0 Å². The summed E-state index contributed by atoms with van der Waals surface area (Å²) >= 11 is -1.86. The van der Waals surface area contributed by atoms with Gasteiger partial charge in [0, 0.05) is 0 Å². The molecule has 0 rings (SSSR count). The predicted octanol–water partition coefficient (Wildman–Crippen LogP) is -0.507. The van der Waals surface area contributed by atoms with Crippen molar-refractivity contribution in [3.8, 4) is 0 Å². The smallest absolute Gasteiger partial charge is 0.773 e. The molecule has 0 aliphatic rings. The molecule has 5 heavy (non-hydrogen) atoms. The van der Waals surface area contributed by atoms with Crippen LogP contribution in [0.1, 0.15) is 0 Å². The van der Waals surface area contributed by atoms with Crippen molar-refractivity contribution in [2.75, 3.05) is 6.26 Å². The van der Waals surface area contributed by atoms with Crippen LogP contribution in [0, 0.1) is 0 Å². The first-order valence-corrected chi connectivity index (χ1v) is 2.22. The molecule has 0 aliphatic carbocycles. The molecule has 0 bridgehead atoms. The molecule has 0 aromatic carbocycles. The summed E-state index contributed by atoms with van der Waals surface area (Å²) in [6.45, 7) is 0. The van der Waals surface area contributed by atoms with Crippen LogP contribution in [-0.4, -0.2) is 15.0 Å². The molecule has 4 heteroatoms. The van der Waals surface area contributed by atoms with Crippen LogP contribution in [0.15, 0.2) is 0 Å². The van der Waals surface area contributed by atoms with Crippen molar-refractivity contribution in [1.82, 2.24) is 0 Å². The summed E-state index contributed by atoms with van der Waals surface area (Å²) < 4.78 is 18.0. The van der Waals surface area contributed by atoms with Gasteiger partial charge in [-0.1, -0.05) is 11.1 Å². The van der Waals surface area contributed by atoms with Crippen molar-refractivity contribution in [1.29, 1.82) is 0 Å². The molecule has 0 N–H and O–H groups in total. The van der Waals surface area contributed by atoms with E-state index in [4.69, 9.17) is 8.76 Å². The fourth-order valence-electron chi connectivity index (χ4n) is 0. The summed E-state index contributed by atoms with van der Waals surface area (Å²) in [5.74, 6) is 0. The Bertz CT molecular complexity index is 32.6. The second-order valence-electron chi connectivity index (χ2n) is 0.401. The van der Waals surface area contributed by atoms with Crippen LogP contribution in [-0.2, 0) is 43.8 Å². The molecular formula is CH3O2SY+2. The fourth-order valence-corrected chi connectivity index (χ4v) is 0. The molecule has 0 spiro atoms. The van der Waals surface area contributed by atoms with Crippen molar-refractivity contribution in [3.63, 3.8) is 0 Å². The Kier molecular flexibility index (Phi) is 9.92. The molecule has 0 saturated heterocycles. The molecule has 0 aromatic rings. The summed E-state index contributed by atoms with van der Waals surface area (Å²) in [6.07, 6.45) is 1.08. The van der Waals surface area contributed by atoms with Gasteiger partial charge in [-0.2, -0.15) is 0 Å². The van der Waals surface area contributed by atoms with E-state index in [0.29, 0.717) is 0 Å². The monoisotopic (exact) mass is 168 g/mol. The van der Waals surface area contributed by atoms with Crippen LogP contribution in [0.2, 0.25) is 0 Å². The minimum Gasteiger partial charge on any atom is -0.773 e.